The highest BCUT2D eigenvalue weighted by Gasteiger charge is 2.13. The molecule has 0 unspecified atom stereocenters. The summed E-state index contributed by atoms with van der Waals surface area (Å²) in [6, 6.07) is 11.2. The van der Waals surface area contributed by atoms with Gasteiger partial charge in [-0.2, -0.15) is 0 Å². The number of carbonyl (C=O) groups excluding carboxylic acids is 1. The SMILES string of the molecule is CCCCNS(=O)(=O)c1ccc(OCC(=O)Nc2cccc(Cl)c2C)cc1. The van der Waals surface area contributed by atoms with Crippen LogP contribution in [0.2, 0.25) is 5.02 Å². The van der Waals surface area contributed by atoms with Crippen molar-refractivity contribution in [3.8, 4) is 5.75 Å². The number of hydrogen-bond acceptors (Lipinski definition) is 4. The van der Waals surface area contributed by atoms with Crippen LogP contribution in [0.3, 0.4) is 0 Å². The van der Waals surface area contributed by atoms with Gasteiger partial charge in [0.05, 0.1) is 4.90 Å². The highest BCUT2D eigenvalue weighted by molar-refractivity contribution is 7.89. The number of hydrogen-bond donors (Lipinski definition) is 2. The Balaban J connectivity index is 1.91. The summed E-state index contributed by atoms with van der Waals surface area (Å²) in [6.45, 7) is 4.00. The second-order valence-corrected chi connectivity index (χ2v) is 8.15. The molecule has 0 aliphatic rings. The van der Waals surface area contributed by atoms with Crippen LogP contribution in [-0.2, 0) is 14.8 Å². The first-order chi connectivity index (χ1) is 12.8. The first-order valence-electron chi connectivity index (χ1n) is 8.61. The number of nitrogens with one attached hydrogen (secondary N) is 2. The highest BCUT2D eigenvalue weighted by atomic mass is 35.5. The van der Waals surface area contributed by atoms with Gasteiger partial charge in [-0.1, -0.05) is 31.0 Å². The lowest BCUT2D eigenvalue weighted by Gasteiger charge is -2.11. The fraction of sp³-hybridized carbons (Fsp3) is 0.316. The van der Waals surface area contributed by atoms with E-state index in [2.05, 4.69) is 10.0 Å². The van der Waals surface area contributed by atoms with Gasteiger partial charge >= 0.3 is 0 Å². The molecule has 0 aliphatic carbocycles. The minimum absolute atomic E-state index is 0.157. The van der Waals surface area contributed by atoms with Gasteiger partial charge in [-0.15, -0.1) is 0 Å². The summed E-state index contributed by atoms with van der Waals surface area (Å²) in [5.41, 5.74) is 1.40. The van der Waals surface area contributed by atoms with Gasteiger partial charge in [0.15, 0.2) is 6.61 Å². The van der Waals surface area contributed by atoms with Gasteiger partial charge in [0.1, 0.15) is 5.75 Å². The van der Waals surface area contributed by atoms with Crippen LogP contribution in [0.15, 0.2) is 47.4 Å². The van der Waals surface area contributed by atoms with Crippen molar-refractivity contribution in [2.75, 3.05) is 18.5 Å². The summed E-state index contributed by atoms with van der Waals surface area (Å²) in [7, 11) is -3.53. The Morgan fingerprint density at radius 3 is 2.52 bits per heavy atom. The summed E-state index contributed by atoms with van der Waals surface area (Å²) in [5, 5.41) is 3.30. The van der Waals surface area contributed by atoms with Crippen molar-refractivity contribution in [1.29, 1.82) is 0 Å². The largest absolute Gasteiger partial charge is 0.484 e. The number of benzene rings is 2. The van der Waals surface area contributed by atoms with Crippen molar-refractivity contribution in [3.05, 3.63) is 53.1 Å². The lowest BCUT2D eigenvalue weighted by Crippen LogP contribution is -2.24. The Hall–Kier alpha value is -2.09. The van der Waals surface area contributed by atoms with Gasteiger partial charge in [0.2, 0.25) is 10.0 Å². The normalized spacial score (nSPS) is 11.2. The fourth-order valence-electron chi connectivity index (χ4n) is 2.26. The molecular weight excluding hydrogens is 388 g/mol. The molecule has 0 bridgehead atoms. The molecule has 0 fully saturated rings. The summed E-state index contributed by atoms with van der Waals surface area (Å²) < 4.78 is 32.2. The third-order valence-corrected chi connectivity index (χ3v) is 5.75. The van der Waals surface area contributed by atoms with E-state index in [9.17, 15) is 13.2 Å². The number of amides is 1. The zero-order chi connectivity index (χ0) is 19.9. The van der Waals surface area contributed by atoms with E-state index in [1.807, 2.05) is 13.8 Å². The number of sulfonamides is 1. The molecule has 27 heavy (non-hydrogen) atoms. The van der Waals surface area contributed by atoms with Crippen molar-refractivity contribution in [1.82, 2.24) is 4.72 Å². The molecule has 1 amide bonds. The number of rotatable bonds is 9. The third kappa shape index (κ3) is 6.23. The highest BCUT2D eigenvalue weighted by Crippen LogP contribution is 2.23. The van der Waals surface area contributed by atoms with E-state index in [0.717, 1.165) is 18.4 Å². The zero-order valence-corrected chi connectivity index (χ0v) is 16.9. The average Bonchev–Trinajstić information content (AvgIpc) is 2.64. The lowest BCUT2D eigenvalue weighted by molar-refractivity contribution is -0.118. The van der Waals surface area contributed by atoms with Gasteiger partial charge in [0.25, 0.3) is 5.91 Å². The number of carbonyl (C=O) groups is 1. The predicted molar refractivity (Wildman–Crippen MR) is 107 cm³/mol. The minimum atomic E-state index is -3.53. The first kappa shape index (κ1) is 21.2. The number of halogens is 1. The Morgan fingerprint density at radius 1 is 1.15 bits per heavy atom. The van der Waals surface area contributed by atoms with Crippen LogP contribution in [0.25, 0.3) is 0 Å². The molecule has 0 atom stereocenters. The van der Waals surface area contributed by atoms with Gasteiger partial charge in [-0.3, -0.25) is 4.79 Å². The monoisotopic (exact) mass is 410 g/mol. The van der Waals surface area contributed by atoms with Crippen LogP contribution in [0, 0.1) is 6.92 Å². The van der Waals surface area contributed by atoms with E-state index in [0.29, 0.717) is 23.0 Å². The van der Waals surface area contributed by atoms with Crippen LogP contribution in [0.1, 0.15) is 25.3 Å². The number of anilines is 1. The van der Waals surface area contributed by atoms with Crippen LogP contribution < -0.4 is 14.8 Å². The molecule has 0 saturated carbocycles. The van der Waals surface area contributed by atoms with Crippen molar-refractivity contribution >= 4 is 33.2 Å². The molecular formula is C19H23ClN2O4S. The maximum Gasteiger partial charge on any atom is 0.262 e. The topological polar surface area (TPSA) is 84.5 Å². The molecule has 2 N–H and O–H groups in total. The van der Waals surface area contributed by atoms with E-state index in [1.54, 1.807) is 18.2 Å². The van der Waals surface area contributed by atoms with Gasteiger partial charge in [-0.25, -0.2) is 13.1 Å². The van der Waals surface area contributed by atoms with Crippen LogP contribution in [0.4, 0.5) is 5.69 Å². The lowest BCUT2D eigenvalue weighted by atomic mass is 10.2. The predicted octanol–water partition coefficient (Wildman–Crippen LogP) is 3.74. The zero-order valence-electron chi connectivity index (χ0n) is 15.3. The van der Waals surface area contributed by atoms with Crippen molar-refractivity contribution in [3.63, 3.8) is 0 Å². The Kier molecular flexibility index (Phi) is 7.65. The number of ether oxygens (including phenoxy) is 1. The average molecular weight is 411 g/mol. The molecule has 0 saturated heterocycles. The van der Waals surface area contributed by atoms with Gasteiger partial charge in [-0.05, 0) is 55.3 Å². The molecule has 6 nitrogen and oxygen atoms in total. The molecule has 146 valence electrons. The van der Waals surface area contributed by atoms with Crippen molar-refractivity contribution in [2.45, 2.75) is 31.6 Å². The summed E-state index contributed by atoms with van der Waals surface area (Å²) >= 11 is 6.03. The standard InChI is InChI=1S/C19H23ClN2O4S/c1-3-4-12-21-27(24,25)16-10-8-15(9-11-16)26-13-19(23)22-18-7-5-6-17(20)14(18)2/h5-11,21H,3-4,12-13H2,1-2H3,(H,22,23). The molecule has 0 radical (unpaired) electrons. The Labute approximate surface area is 164 Å². The van der Waals surface area contributed by atoms with Gasteiger partial charge in [0, 0.05) is 17.3 Å². The summed E-state index contributed by atoms with van der Waals surface area (Å²) in [6.07, 6.45) is 1.69. The number of unbranched alkanes of at least 4 members (excludes halogenated alkanes) is 1. The maximum absolute atomic E-state index is 12.1. The van der Waals surface area contributed by atoms with E-state index in [1.165, 1.54) is 24.3 Å². The molecule has 2 aromatic rings. The molecule has 0 heterocycles. The quantitative estimate of drug-likeness (QED) is 0.616. The molecule has 2 aromatic carbocycles. The molecule has 0 aliphatic heterocycles. The second-order valence-electron chi connectivity index (χ2n) is 5.97. The third-order valence-electron chi connectivity index (χ3n) is 3.87. The van der Waals surface area contributed by atoms with E-state index >= 15 is 0 Å². The van der Waals surface area contributed by atoms with Crippen LogP contribution in [0.5, 0.6) is 5.75 Å². The summed E-state index contributed by atoms with van der Waals surface area (Å²) in [5.74, 6) is 0.0683. The second kappa shape index (κ2) is 9.73. The van der Waals surface area contributed by atoms with Crippen molar-refractivity contribution in [2.24, 2.45) is 0 Å². The smallest absolute Gasteiger partial charge is 0.262 e. The van der Waals surface area contributed by atoms with Crippen LogP contribution in [-0.4, -0.2) is 27.5 Å². The van der Waals surface area contributed by atoms with E-state index in [4.69, 9.17) is 16.3 Å². The van der Waals surface area contributed by atoms with E-state index < -0.39 is 10.0 Å². The molecule has 0 spiro atoms. The first-order valence-corrected chi connectivity index (χ1v) is 10.5. The Morgan fingerprint density at radius 2 is 1.85 bits per heavy atom. The molecule has 8 heteroatoms. The fourth-order valence-corrected chi connectivity index (χ4v) is 3.51. The molecule has 0 aromatic heterocycles. The Bertz CT molecular complexity index is 883. The minimum Gasteiger partial charge on any atom is -0.484 e. The molecule has 2 rings (SSSR count). The maximum atomic E-state index is 12.1. The van der Waals surface area contributed by atoms with Crippen molar-refractivity contribution < 1.29 is 17.9 Å². The van der Waals surface area contributed by atoms with Gasteiger partial charge < -0.3 is 10.1 Å². The van der Waals surface area contributed by atoms with Crippen LogP contribution >= 0.6 is 11.6 Å². The summed E-state index contributed by atoms with van der Waals surface area (Å²) in [4.78, 5) is 12.2. The van der Waals surface area contributed by atoms with E-state index in [-0.39, 0.29) is 17.4 Å².